The number of nitrogens with zero attached hydrogens (tertiary/aromatic N) is 1. The van der Waals surface area contributed by atoms with E-state index in [1.165, 1.54) is 18.3 Å². The third-order valence-electron chi connectivity index (χ3n) is 4.60. The van der Waals surface area contributed by atoms with Crippen molar-refractivity contribution in [3.05, 3.63) is 69.9 Å². The molecule has 2 aromatic carbocycles. The van der Waals surface area contributed by atoms with Gasteiger partial charge in [0.15, 0.2) is 17.4 Å². The van der Waals surface area contributed by atoms with Crippen molar-refractivity contribution in [3.63, 3.8) is 0 Å². The minimum absolute atomic E-state index is 0.0690. The van der Waals surface area contributed by atoms with Crippen LogP contribution in [0.5, 0.6) is 5.75 Å². The van der Waals surface area contributed by atoms with E-state index in [4.69, 9.17) is 21.4 Å². The molecule has 0 aliphatic heterocycles. The average Bonchev–Trinajstić information content (AvgIpc) is 2.77. The van der Waals surface area contributed by atoms with Gasteiger partial charge in [0.25, 0.3) is 0 Å². The van der Waals surface area contributed by atoms with E-state index < -0.39 is 33.9 Å². The van der Waals surface area contributed by atoms with Gasteiger partial charge in [0.2, 0.25) is 10.9 Å². The monoisotopic (exact) mass is 484 g/mol. The molecule has 0 aliphatic carbocycles. The van der Waals surface area contributed by atoms with Crippen molar-refractivity contribution in [1.29, 1.82) is 0 Å². The largest absolute Gasteiger partial charge is 0.490 e. The molecule has 0 saturated carbocycles. The first-order chi connectivity index (χ1) is 15.3. The second-order valence-electron chi connectivity index (χ2n) is 6.77. The minimum Gasteiger partial charge on any atom is -0.490 e. The van der Waals surface area contributed by atoms with Crippen LogP contribution in [0.2, 0.25) is 5.02 Å². The number of aliphatic hydroxyl groups excluding tert-OH is 1. The molecule has 0 unspecified atom stereocenters. The van der Waals surface area contributed by atoms with Crippen molar-refractivity contribution in [2.24, 2.45) is 0 Å². The number of aliphatic hydroxyl groups is 1. The topological polar surface area (TPSA) is 106 Å². The number of hydrogen-bond acceptors (Lipinski definition) is 6. The van der Waals surface area contributed by atoms with Crippen LogP contribution in [0.1, 0.15) is 27.9 Å². The summed E-state index contributed by atoms with van der Waals surface area (Å²) in [5.41, 5.74) is 0.220. The Labute approximate surface area is 189 Å². The molecule has 32 heavy (non-hydrogen) atoms. The van der Waals surface area contributed by atoms with E-state index in [1.807, 2.05) is 0 Å². The van der Waals surface area contributed by atoms with Gasteiger partial charge in [-0.25, -0.2) is 21.9 Å². The number of fused-ring (bicyclic) bond motifs is 1. The summed E-state index contributed by atoms with van der Waals surface area (Å²) in [6, 6.07) is 6.96. The van der Waals surface area contributed by atoms with E-state index in [2.05, 4.69) is 9.71 Å². The van der Waals surface area contributed by atoms with Gasteiger partial charge >= 0.3 is 0 Å². The fraction of sp³-hybridized carbons (Fsp3) is 0.238. The molecule has 170 valence electrons. The van der Waals surface area contributed by atoms with Gasteiger partial charge in [-0.15, -0.1) is 0 Å². The number of aromatic nitrogens is 1. The smallest absolute Gasteiger partial charge is 0.201 e. The lowest BCUT2D eigenvalue weighted by Crippen LogP contribution is -2.14. The van der Waals surface area contributed by atoms with Crippen LogP contribution in [0.4, 0.5) is 8.78 Å². The van der Waals surface area contributed by atoms with Crippen LogP contribution in [0.25, 0.3) is 10.9 Å². The number of ether oxygens (including phenoxy) is 1. The summed E-state index contributed by atoms with van der Waals surface area (Å²) in [5, 5.41) is 9.18. The highest BCUT2D eigenvalue weighted by molar-refractivity contribution is 7.70. The molecular weight excluding hydrogens is 466 g/mol. The molecule has 0 saturated heterocycles. The zero-order chi connectivity index (χ0) is 23.3. The van der Waals surface area contributed by atoms with Gasteiger partial charge in [-0.05, 0) is 48.7 Å². The van der Waals surface area contributed by atoms with Gasteiger partial charge in [-0.3, -0.25) is 9.78 Å². The molecule has 0 radical (unpaired) electrons. The Kier molecular flexibility index (Phi) is 8.08. The molecule has 2 N–H and O–H groups in total. The number of aryl methyl sites for hydroxylation is 1. The fourth-order valence-electron chi connectivity index (χ4n) is 3.13. The normalized spacial score (nSPS) is 11.3. The van der Waals surface area contributed by atoms with Gasteiger partial charge in [0, 0.05) is 17.5 Å². The Morgan fingerprint density at radius 3 is 2.72 bits per heavy atom. The molecule has 11 heteroatoms. The van der Waals surface area contributed by atoms with Crippen molar-refractivity contribution in [2.75, 3.05) is 19.8 Å². The number of benzene rings is 2. The zero-order valence-corrected chi connectivity index (χ0v) is 18.3. The standard InChI is InChI=1S/C21H19ClF2N2O5S/c22-19-12(2-1-5-26-32(29)30)10-16(23)20(24)18(19)21(28)13-3-4-17-14(8-13)9-15(11-25-17)31-7-6-27/h3-4,8-11,27,32H,1-2,5-7H2,(H,26,29,30). The zero-order valence-electron chi connectivity index (χ0n) is 16.6. The lowest BCUT2D eigenvalue weighted by Gasteiger charge is -2.12. The number of pyridine rings is 1. The minimum atomic E-state index is -2.77. The summed E-state index contributed by atoms with van der Waals surface area (Å²) in [4.78, 5) is 17.2. The first-order valence-electron chi connectivity index (χ1n) is 9.54. The second kappa shape index (κ2) is 10.8. The van der Waals surface area contributed by atoms with Gasteiger partial charge in [-0.1, -0.05) is 11.6 Å². The van der Waals surface area contributed by atoms with Crippen LogP contribution in [-0.2, 0) is 17.3 Å². The summed E-state index contributed by atoms with van der Waals surface area (Å²) in [6.45, 7) is -0.0171. The van der Waals surface area contributed by atoms with E-state index in [1.54, 1.807) is 12.1 Å². The second-order valence-corrected chi connectivity index (χ2v) is 7.98. The van der Waals surface area contributed by atoms with Crippen LogP contribution in [-0.4, -0.2) is 44.1 Å². The molecule has 7 nitrogen and oxygen atoms in total. The highest BCUT2D eigenvalue weighted by Crippen LogP contribution is 2.30. The lowest BCUT2D eigenvalue weighted by atomic mass is 9.97. The van der Waals surface area contributed by atoms with Crippen molar-refractivity contribution in [3.8, 4) is 5.75 Å². The number of carbonyl (C=O) groups is 1. The Morgan fingerprint density at radius 1 is 1.22 bits per heavy atom. The average molecular weight is 485 g/mol. The number of carbonyl (C=O) groups excluding carboxylic acids is 1. The van der Waals surface area contributed by atoms with E-state index in [9.17, 15) is 22.0 Å². The Bertz CT molecular complexity index is 1230. The summed E-state index contributed by atoms with van der Waals surface area (Å²) in [6.07, 6.45) is 1.88. The predicted molar refractivity (Wildman–Crippen MR) is 116 cm³/mol. The Morgan fingerprint density at radius 2 is 2.00 bits per heavy atom. The van der Waals surface area contributed by atoms with Crippen LogP contribution < -0.4 is 9.46 Å². The molecule has 0 atom stereocenters. The van der Waals surface area contributed by atoms with E-state index in [0.717, 1.165) is 6.07 Å². The molecule has 0 spiro atoms. The molecule has 0 aliphatic rings. The summed E-state index contributed by atoms with van der Waals surface area (Å²) in [7, 11) is -2.77. The van der Waals surface area contributed by atoms with Crippen LogP contribution in [0, 0.1) is 11.6 Å². The number of halogens is 3. The van der Waals surface area contributed by atoms with E-state index in [0.29, 0.717) is 16.7 Å². The first kappa shape index (κ1) is 24.0. The molecule has 1 aromatic heterocycles. The van der Waals surface area contributed by atoms with Gasteiger partial charge in [0.1, 0.15) is 12.4 Å². The summed E-state index contributed by atoms with van der Waals surface area (Å²) in [5.74, 6) is -3.01. The number of hydrogen-bond donors (Lipinski definition) is 3. The highest BCUT2D eigenvalue weighted by Gasteiger charge is 2.24. The summed E-state index contributed by atoms with van der Waals surface area (Å²) >= 11 is 6.25. The van der Waals surface area contributed by atoms with E-state index >= 15 is 0 Å². The molecule has 0 amide bonds. The Hall–Kier alpha value is -2.66. The Balaban J connectivity index is 1.94. The van der Waals surface area contributed by atoms with Crippen molar-refractivity contribution in [2.45, 2.75) is 12.8 Å². The van der Waals surface area contributed by atoms with Gasteiger partial charge in [-0.2, -0.15) is 0 Å². The number of thiol groups is 1. The van der Waals surface area contributed by atoms with Crippen molar-refractivity contribution >= 4 is 39.2 Å². The maximum absolute atomic E-state index is 14.6. The van der Waals surface area contributed by atoms with Crippen LogP contribution in [0.15, 0.2) is 36.5 Å². The summed E-state index contributed by atoms with van der Waals surface area (Å²) < 4.78 is 57.4. The molecule has 3 rings (SSSR count). The van der Waals surface area contributed by atoms with Gasteiger partial charge in [0.05, 0.1) is 28.9 Å². The third kappa shape index (κ3) is 5.57. The first-order valence-corrected chi connectivity index (χ1v) is 11.1. The predicted octanol–water partition coefficient (Wildman–Crippen LogP) is 2.82. The maximum Gasteiger partial charge on any atom is 0.201 e. The quantitative estimate of drug-likeness (QED) is 0.177. The molecule has 0 fully saturated rings. The number of rotatable bonds is 10. The van der Waals surface area contributed by atoms with Crippen LogP contribution in [0.3, 0.4) is 0 Å². The number of nitrogens with one attached hydrogen (secondary N) is 1. The SMILES string of the molecule is O=C(c1ccc2ncc(OCCO)cc2c1)c1c(F)c(F)cc(CCCN[SH](=O)=O)c1Cl. The van der Waals surface area contributed by atoms with Crippen LogP contribution >= 0.6 is 11.6 Å². The molecule has 0 bridgehead atoms. The molecule has 1 heterocycles. The van der Waals surface area contributed by atoms with Gasteiger partial charge < -0.3 is 9.84 Å². The maximum atomic E-state index is 14.6. The van der Waals surface area contributed by atoms with Crippen molar-refractivity contribution in [1.82, 2.24) is 9.71 Å². The van der Waals surface area contributed by atoms with Crippen molar-refractivity contribution < 1.29 is 31.8 Å². The third-order valence-corrected chi connectivity index (χ3v) is 5.51. The lowest BCUT2D eigenvalue weighted by molar-refractivity contribution is 0.103. The highest BCUT2D eigenvalue weighted by atomic mass is 35.5. The number of ketones is 1. The molecule has 3 aromatic rings. The van der Waals surface area contributed by atoms with E-state index in [-0.39, 0.29) is 48.7 Å². The molecular formula is C21H19ClF2N2O5S. The fourth-order valence-corrected chi connectivity index (χ4v) is 3.78.